The Morgan fingerprint density at radius 2 is 1.82 bits per heavy atom. The summed E-state index contributed by atoms with van der Waals surface area (Å²) in [6.07, 6.45) is 2.04. The largest absolute Gasteiger partial charge is 0.468 e. The summed E-state index contributed by atoms with van der Waals surface area (Å²) >= 11 is 0. The van der Waals surface area contributed by atoms with E-state index in [-0.39, 0.29) is 12.8 Å². The minimum absolute atomic E-state index is 0.277. The molecule has 0 heterocycles. The van der Waals surface area contributed by atoms with Crippen LogP contribution in [0.3, 0.4) is 0 Å². The molecule has 0 saturated heterocycles. The zero-order valence-corrected chi connectivity index (χ0v) is 11.0. The lowest BCUT2D eigenvalue weighted by molar-refractivity contribution is 0.0511. The maximum Gasteiger partial charge on any atom is 0.188 e. The van der Waals surface area contributed by atoms with Gasteiger partial charge in [-0.25, -0.2) is 0 Å². The first-order chi connectivity index (χ1) is 8.13. The van der Waals surface area contributed by atoms with Crippen molar-refractivity contribution in [3.63, 3.8) is 0 Å². The van der Waals surface area contributed by atoms with E-state index >= 15 is 0 Å². The van der Waals surface area contributed by atoms with Crippen LogP contribution in [0.25, 0.3) is 0 Å². The second-order valence-electron chi connectivity index (χ2n) is 4.64. The van der Waals surface area contributed by atoms with E-state index in [1.165, 1.54) is 5.56 Å². The van der Waals surface area contributed by atoms with Crippen LogP contribution in [-0.4, -0.2) is 19.9 Å². The second-order valence-corrected chi connectivity index (χ2v) is 4.64. The van der Waals surface area contributed by atoms with E-state index in [1.54, 1.807) is 7.11 Å². The Labute approximate surface area is 104 Å². The van der Waals surface area contributed by atoms with Crippen molar-refractivity contribution < 1.29 is 9.47 Å². The fraction of sp³-hybridized carbons (Fsp3) is 0.571. The van der Waals surface area contributed by atoms with Gasteiger partial charge in [0.2, 0.25) is 0 Å². The average molecular weight is 237 g/mol. The van der Waals surface area contributed by atoms with Gasteiger partial charge in [0.25, 0.3) is 0 Å². The van der Waals surface area contributed by atoms with Gasteiger partial charge in [0.15, 0.2) is 6.79 Å². The number of nitrogens with two attached hydrogens (primary N) is 1. The highest BCUT2D eigenvalue weighted by Gasteiger charge is 2.07. The number of hydrogen-bond acceptors (Lipinski definition) is 3. The van der Waals surface area contributed by atoms with E-state index in [0.717, 1.165) is 18.6 Å². The van der Waals surface area contributed by atoms with E-state index in [2.05, 4.69) is 26.0 Å². The number of ether oxygens (including phenoxy) is 2. The molecule has 1 atom stereocenters. The molecule has 0 saturated carbocycles. The fourth-order valence-electron chi connectivity index (χ4n) is 1.55. The number of hydrogen-bond donors (Lipinski definition) is 1. The van der Waals surface area contributed by atoms with Gasteiger partial charge >= 0.3 is 0 Å². The molecule has 0 aliphatic carbocycles. The van der Waals surface area contributed by atoms with Gasteiger partial charge in [-0.2, -0.15) is 0 Å². The lowest BCUT2D eigenvalue weighted by Gasteiger charge is -2.15. The molecule has 0 aliphatic rings. The molecular formula is C14H23NO2. The molecule has 3 nitrogen and oxygen atoms in total. The van der Waals surface area contributed by atoms with Gasteiger partial charge in [0.1, 0.15) is 5.75 Å². The van der Waals surface area contributed by atoms with Crippen molar-refractivity contribution >= 4 is 0 Å². The van der Waals surface area contributed by atoms with Gasteiger partial charge in [-0.1, -0.05) is 26.0 Å². The predicted molar refractivity (Wildman–Crippen MR) is 70.1 cm³/mol. The lowest BCUT2D eigenvalue weighted by atomic mass is 9.98. The Balaban J connectivity index is 2.40. The third-order valence-corrected chi connectivity index (χ3v) is 2.89. The monoisotopic (exact) mass is 237 g/mol. The van der Waals surface area contributed by atoms with E-state index in [0.29, 0.717) is 5.92 Å². The zero-order valence-electron chi connectivity index (χ0n) is 11.0. The quantitative estimate of drug-likeness (QED) is 0.741. The summed E-state index contributed by atoms with van der Waals surface area (Å²) in [7, 11) is 1.61. The summed E-state index contributed by atoms with van der Waals surface area (Å²) in [5.74, 6) is 1.38. The normalized spacial score (nSPS) is 12.8. The molecule has 0 radical (unpaired) electrons. The van der Waals surface area contributed by atoms with Crippen LogP contribution in [0.4, 0.5) is 0 Å². The summed E-state index contributed by atoms with van der Waals surface area (Å²) in [6.45, 7) is 4.61. The molecule has 1 aromatic rings. The fourth-order valence-corrected chi connectivity index (χ4v) is 1.55. The standard InChI is InChI=1S/C14H23NO2/c1-11(2)14(15)9-6-12-4-7-13(8-5-12)17-10-16-3/h4-5,7-8,11,14H,6,9-10,15H2,1-3H3. The maximum atomic E-state index is 6.02. The van der Waals surface area contributed by atoms with Gasteiger partial charge in [-0.3, -0.25) is 0 Å². The summed E-state index contributed by atoms with van der Waals surface area (Å²) in [4.78, 5) is 0. The minimum atomic E-state index is 0.277. The molecule has 0 fully saturated rings. The van der Waals surface area contributed by atoms with Crippen molar-refractivity contribution in [3.8, 4) is 5.75 Å². The van der Waals surface area contributed by atoms with Crippen LogP contribution in [0.5, 0.6) is 5.75 Å². The Kier molecular flexibility index (Phi) is 6.01. The van der Waals surface area contributed by atoms with E-state index in [1.807, 2.05) is 12.1 Å². The first-order valence-corrected chi connectivity index (χ1v) is 6.09. The number of benzene rings is 1. The molecule has 17 heavy (non-hydrogen) atoms. The van der Waals surface area contributed by atoms with E-state index in [4.69, 9.17) is 15.2 Å². The Bertz CT molecular complexity index is 309. The van der Waals surface area contributed by atoms with Gasteiger partial charge in [-0.05, 0) is 36.5 Å². The second kappa shape index (κ2) is 7.30. The topological polar surface area (TPSA) is 44.5 Å². The summed E-state index contributed by atoms with van der Waals surface area (Å²) in [6, 6.07) is 8.38. The average Bonchev–Trinajstić information content (AvgIpc) is 2.34. The van der Waals surface area contributed by atoms with Gasteiger partial charge < -0.3 is 15.2 Å². The van der Waals surface area contributed by atoms with Gasteiger partial charge in [0.05, 0.1) is 0 Å². The molecule has 0 aliphatic heterocycles. The van der Waals surface area contributed by atoms with E-state index < -0.39 is 0 Å². The zero-order chi connectivity index (χ0) is 12.7. The molecule has 0 spiro atoms. The highest BCUT2D eigenvalue weighted by Crippen LogP contribution is 2.15. The highest BCUT2D eigenvalue weighted by atomic mass is 16.7. The Morgan fingerprint density at radius 3 is 2.35 bits per heavy atom. The Morgan fingerprint density at radius 1 is 1.18 bits per heavy atom. The van der Waals surface area contributed by atoms with Crippen LogP contribution in [-0.2, 0) is 11.2 Å². The molecule has 1 unspecified atom stereocenters. The smallest absolute Gasteiger partial charge is 0.188 e. The van der Waals surface area contributed by atoms with Crippen LogP contribution in [0.2, 0.25) is 0 Å². The van der Waals surface area contributed by atoms with Crippen LogP contribution >= 0.6 is 0 Å². The van der Waals surface area contributed by atoms with Crippen molar-refractivity contribution in [2.75, 3.05) is 13.9 Å². The SMILES string of the molecule is COCOc1ccc(CCC(N)C(C)C)cc1. The molecule has 1 rings (SSSR count). The summed E-state index contributed by atoms with van der Waals surface area (Å²) in [5, 5.41) is 0. The third-order valence-electron chi connectivity index (χ3n) is 2.89. The lowest BCUT2D eigenvalue weighted by Crippen LogP contribution is -2.26. The van der Waals surface area contributed by atoms with Gasteiger partial charge in [0, 0.05) is 13.2 Å². The molecule has 2 N–H and O–H groups in total. The first kappa shape index (κ1) is 14.0. The maximum absolute atomic E-state index is 6.02. The van der Waals surface area contributed by atoms with Crippen LogP contribution in [0.15, 0.2) is 24.3 Å². The predicted octanol–water partition coefficient (Wildman–Crippen LogP) is 2.59. The molecule has 1 aromatic carbocycles. The molecule has 0 amide bonds. The van der Waals surface area contributed by atoms with Crippen LogP contribution in [0.1, 0.15) is 25.8 Å². The first-order valence-electron chi connectivity index (χ1n) is 6.09. The van der Waals surface area contributed by atoms with Crippen molar-refractivity contribution in [1.29, 1.82) is 0 Å². The number of methoxy groups -OCH3 is 1. The molecule has 0 aromatic heterocycles. The molecule has 0 bridgehead atoms. The van der Waals surface area contributed by atoms with Gasteiger partial charge in [-0.15, -0.1) is 0 Å². The number of rotatable bonds is 7. The third kappa shape index (κ3) is 5.20. The van der Waals surface area contributed by atoms with Crippen molar-refractivity contribution in [1.82, 2.24) is 0 Å². The number of aryl methyl sites for hydroxylation is 1. The van der Waals surface area contributed by atoms with Crippen molar-refractivity contribution in [2.24, 2.45) is 11.7 Å². The van der Waals surface area contributed by atoms with Crippen LogP contribution in [0, 0.1) is 5.92 Å². The summed E-state index contributed by atoms with van der Waals surface area (Å²) in [5.41, 5.74) is 7.32. The van der Waals surface area contributed by atoms with Crippen molar-refractivity contribution in [3.05, 3.63) is 29.8 Å². The van der Waals surface area contributed by atoms with E-state index in [9.17, 15) is 0 Å². The summed E-state index contributed by atoms with van der Waals surface area (Å²) < 4.78 is 10.2. The minimum Gasteiger partial charge on any atom is -0.468 e. The highest BCUT2D eigenvalue weighted by molar-refractivity contribution is 5.27. The Hall–Kier alpha value is -1.06. The molecule has 3 heteroatoms. The molecular weight excluding hydrogens is 214 g/mol. The van der Waals surface area contributed by atoms with Crippen molar-refractivity contribution in [2.45, 2.75) is 32.7 Å². The molecule has 96 valence electrons. The van der Waals surface area contributed by atoms with Crippen LogP contribution < -0.4 is 10.5 Å².